The molecule has 10 heteroatoms. The third-order valence-electron chi connectivity index (χ3n) is 5.88. The number of carboxylic acid groups (broad SMARTS) is 1. The minimum atomic E-state index is -1.45. The van der Waals surface area contributed by atoms with Crippen LogP contribution in [0.25, 0.3) is 10.9 Å². The number of rotatable bonds is 3. The fourth-order valence-corrected chi connectivity index (χ4v) is 4.76. The molecule has 3 aliphatic rings. The van der Waals surface area contributed by atoms with Crippen molar-refractivity contribution in [2.24, 2.45) is 0 Å². The highest BCUT2D eigenvalue weighted by Crippen LogP contribution is 2.44. The molecule has 7 nitrogen and oxygen atoms in total. The maximum atomic E-state index is 15.1. The van der Waals surface area contributed by atoms with Gasteiger partial charge >= 0.3 is 5.97 Å². The first kappa shape index (κ1) is 18.8. The number of fused-ring (bicyclic) bond motifs is 2. The SMILES string of the molecule is O=C(O)c1cn([C@@H]2CC2F)c2c(Cl)c(N3CC4NCCOC4C3)c(F)cc2c1=O. The van der Waals surface area contributed by atoms with Gasteiger partial charge in [-0.05, 0) is 6.07 Å². The molecule has 154 valence electrons. The average Bonchev–Trinajstić information content (AvgIpc) is 3.24. The van der Waals surface area contributed by atoms with Gasteiger partial charge in [0.05, 0.1) is 46.4 Å². The summed E-state index contributed by atoms with van der Waals surface area (Å²) in [4.78, 5) is 25.9. The lowest BCUT2D eigenvalue weighted by molar-refractivity contribution is 0.0212. The Morgan fingerprint density at radius 3 is 2.79 bits per heavy atom. The summed E-state index contributed by atoms with van der Waals surface area (Å²) in [5.74, 6) is -2.17. The molecule has 4 atom stereocenters. The zero-order valence-corrected chi connectivity index (χ0v) is 16.0. The van der Waals surface area contributed by atoms with Gasteiger partial charge in [0.2, 0.25) is 5.43 Å². The second-order valence-corrected chi connectivity index (χ2v) is 8.07. The van der Waals surface area contributed by atoms with Gasteiger partial charge in [-0.3, -0.25) is 4.79 Å². The van der Waals surface area contributed by atoms with Crippen molar-refractivity contribution in [3.8, 4) is 0 Å². The first-order valence-corrected chi connectivity index (χ1v) is 9.78. The summed E-state index contributed by atoms with van der Waals surface area (Å²) < 4.78 is 36.0. The Bertz CT molecular complexity index is 1080. The van der Waals surface area contributed by atoms with Crippen molar-refractivity contribution in [1.29, 1.82) is 0 Å². The van der Waals surface area contributed by atoms with Crippen molar-refractivity contribution in [3.05, 3.63) is 38.9 Å². The van der Waals surface area contributed by atoms with Crippen LogP contribution in [0.4, 0.5) is 14.5 Å². The molecule has 1 saturated carbocycles. The number of benzene rings is 1. The maximum Gasteiger partial charge on any atom is 0.341 e. The molecule has 1 aromatic carbocycles. The number of ether oxygens (including phenoxy) is 1. The topological polar surface area (TPSA) is 83.8 Å². The predicted molar refractivity (Wildman–Crippen MR) is 102 cm³/mol. The summed E-state index contributed by atoms with van der Waals surface area (Å²) in [6.07, 6.45) is 0.0228. The number of anilines is 1. The molecule has 3 heterocycles. The van der Waals surface area contributed by atoms with Gasteiger partial charge < -0.3 is 24.6 Å². The van der Waals surface area contributed by atoms with Crippen molar-refractivity contribution in [2.75, 3.05) is 31.1 Å². The number of morpholine rings is 1. The number of aromatic carboxylic acids is 1. The largest absolute Gasteiger partial charge is 0.477 e. The number of halogens is 3. The number of aromatic nitrogens is 1. The fourth-order valence-electron chi connectivity index (χ4n) is 4.35. The van der Waals surface area contributed by atoms with Crippen LogP contribution in [0.15, 0.2) is 17.1 Å². The molecule has 2 N–H and O–H groups in total. The quantitative estimate of drug-likeness (QED) is 0.782. The van der Waals surface area contributed by atoms with Crippen LogP contribution in [0.3, 0.4) is 0 Å². The Kier molecular flexibility index (Phi) is 4.30. The molecule has 2 saturated heterocycles. The van der Waals surface area contributed by atoms with Crippen molar-refractivity contribution in [3.63, 3.8) is 0 Å². The van der Waals surface area contributed by atoms with Crippen LogP contribution in [0, 0.1) is 5.82 Å². The van der Waals surface area contributed by atoms with Crippen LogP contribution in [0.5, 0.6) is 0 Å². The highest BCUT2D eigenvalue weighted by Gasteiger charge is 2.42. The molecule has 3 fully saturated rings. The van der Waals surface area contributed by atoms with E-state index in [0.717, 1.165) is 12.3 Å². The zero-order chi connectivity index (χ0) is 20.4. The molecule has 0 amide bonds. The number of alkyl halides is 1. The average molecular weight is 426 g/mol. The second kappa shape index (κ2) is 6.65. The van der Waals surface area contributed by atoms with Crippen LogP contribution in [0.1, 0.15) is 22.8 Å². The minimum absolute atomic E-state index is 0.0215. The highest BCUT2D eigenvalue weighted by atomic mass is 35.5. The molecule has 0 bridgehead atoms. The Morgan fingerprint density at radius 1 is 1.38 bits per heavy atom. The third-order valence-corrected chi connectivity index (χ3v) is 6.23. The lowest BCUT2D eigenvalue weighted by Gasteiger charge is -2.25. The number of carbonyl (C=O) groups is 1. The van der Waals surface area contributed by atoms with E-state index in [-0.39, 0.29) is 40.2 Å². The molecule has 3 unspecified atom stereocenters. The van der Waals surface area contributed by atoms with Gasteiger partial charge in [-0.25, -0.2) is 13.6 Å². The number of carboxylic acids is 1. The highest BCUT2D eigenvalue weighted by molar-refractivity contribution is 6.38. The van der Waals surface area contributed by atoms with Crippen molar-refractivity contribution >= 4 is 34.2 Å². The Labute approximate surface area is 168 Å². The van der Waals surface area contributed by atoms with E-state index in [1.165, 1.54) is 4.57 Å². The summed E-state index contributed by atoms with van der Waals surface area (Å²) in [6.45, 7) is 2.17. The maximum absolute atomic E-state index is 15.1. The lowest BCUT2D eigenvalue weighted by Crippen LogP contribution is -2.47. The van der Waals surface area contributed by atoms with Crippen molar-refractivity contribution in [2.45, 2.75) is 30.8 Å². The van der Waals surface area contributed by atoms with Crippen LogP contribution in [-0.4, -0.2) is 60.2 Å². The van der Waals surface area contributed by atoms with E-state index in [0.29, 0.717) is 26.2 Å². The molecule has 2 aliphatic heterocycles. The van der Waals surface area contributed by atoms with E-state index < -0.39 is 35.0 Å². The summed E-state index contributed by atoms with van der Waals surface area (Å²) in [5, 5.41) is 12.5. The summed E-state index contributed by atoms with van der Waals surface area (Å²) in [7, 11) is 0. The van der Waals surface area contributed by atoms with Gasteiger partial charge in [0, 0.05) is 32.3 Å². The monoisotopic (exact) mass is 425 g/mol. The number of nitrogens with one attached hydrogen (secondary N) is 1. The number of pyridine rings is 1. The van der Waals surface area contributed by atoms with Gasteiger partial charge in [-0.2, -0.15) is 0 Å². The molecule has 2 aromatic rings. The standard InChI is InChI=1S/C19H18ClF2N3O4/c20-15-16-8(18(26)9(19(27)28)5-25(16)13-4-10(13)21)3-11(22)17(15)24-6-12-14(7-24)29-2-1-23-12/h3,5,10,12-14,23H,1-2,4,6-7H2,(H,27,28)/t10?,12?,13-,14?/m1/s1. The summed E-state index contributed by atoms with van der Waals surface area (Å²) in [5.41, 5.74) is -1.10. The summed E-state index contributed by atoms with van der Waals surface area (Å²) in [6, 6.07) is 0.413. The van der Waals surface area contributed by atoms with Crippen LogP contribution < -0.4 is 15.6 Å². The third kappa shape index (κ3) is 2.91. The first-order chi connectivity index (χ1) is 13.9. The lowest BCUT2D eigenvalue weighted by atomic mass is 10.1. The second-order valence-electron chi connectivity index (χ2n) is 7.70. The van der Waals surface area contributed by atoms with E-state index >= 15 is 4.39 Å². The first-order valence-electron chi connectivity index (χ1n) is 9.41. The molecule has 5 rings (SSSR count). The zero-order valence-electron chi connectivity index (χ0n) is 15.2. The molecular formula is C19H18ClF2N3O4. The Morgan fingerprint density at radius 2 is 2.14 bits per heavy atom. The smallest absolute Gasteiger partial charge is 0.341 e. The van der Waals surface area contributed by atoms with Gasteiger partial charge in [0.1, 0.15) is 17.6 Å². The molecular weight excluding hydrogens is 408 g/mol. The number of nitrogens with zero attached hydrogens (tertiary/aromatic N) is 2. The number of hydrogen-bond acceptors (Lipinski definition) is 5. The van der Waals surface area contributed by atoms with Crippen LogP contribution >= 0.6 is 11.6 Å². The van der Waals surface area contributed by atoms with E-state index in [1.807, 2.05) is 0 Å². The normalized spacial score (nSPS) is 28.6. The van der Waals surface area contributed by atoms with Crippen LogP contribution in [0.2, 0.25) is 5.02 Å². The molecule has 0 radical (unpaired) electrons. The van der Waals surface area contributed by atoms with E-state index in [2.05, 4.69) is 5.32 Å². The van der Waals surface area contributed by atoms with Gasteiger partial charge in [-0.1, -0.05) is 11.6 Å². The van der Waals surface area contributed by atoms with Crippen molar-refractivity contribution < 1.29 is 23.4 Å². The minimum Gasteiger partial charge on any atom is -0.477 e. The Balaban J connectivity index is 1.70. The van der Waals surface area contributed by atoms with Gasteiger partial charge in [-0.15, -0.1) is 0 Å². The molecule has 29 heavy (non-hydrogen) atoms. The van der Waals surface area contributed by atoms with Crippen LogP contribution in [-0.2, 0) is 4.74 Å². The van der Waals surface area contributed by atoms with Gasteiger partial charge in [0.25, 0.3) is 0 Å². The van der Waals surface area contributed by atoms with Crippen molar-refractivity contribution in [1.82, 2.24) is 9.88 Å². The fraction of sp³-hybridized carbons (Fsp3) is 0.474. The molecule has 1 aromatic heterocycles. The Hall–Kier alpha value is -2.23. The van der Waals surface area contributed by atoms with E-state index in [9.17, 15) is 19.1 Å². The van der Waals surface area contributed by atoms with E-state index in [4.69, 9.17) is 16.3 Å². The molecule has 1 aliphatic carbocycles. The number of hydrogen-bond donors (Lipinski definition) is 2. The van der Waals surface area contributed by atoms with Gasteiger partial charge in [0.15, 0.2) is 0 Å². The molecule has 0 spiro atoms. The predicted octanol–water partition coefficient (Wildman–Crippen LogP) is 1.95. The summed E-state index contributed by atoms with van der Waals surface area (Å²) >= 11 is 6.58. The van der Waals surface area contributed by atoms with E-state index in [1.54, 1.807) is 4.90 Å².